The molecule has 0 rings (SSSR count). The largest absolute Gasteiger partial charge is 3.00 e. The van der Waals surface area contributed by atoms with E-state index in [-0.39, 0.29) is 73.3 Å². The Morgan fingerprint density at radius 1 is 0.727 bits per heavy atom. The summed E-state index contributed by atoms with van der Waals surface area (Å²) in [6, 6.07) is 0. The van der Waals surface area contributed by atoms with Crippen LogP contribution in [0.5, 0.6) is 0 Å². The molecule has 0 spiro atoms. The van der Waals surface area contributed by atoms with Crippen LogP contribution in [0.1, 0.15) is 20.8 Å². The minimum Gasteiger partial charge on any atom is -1.00 e. The third kappa shape index (κ3) is 19.1. The van der Waals surface area contributed by atoms with Crippen LogP contribution in [0.4, 0.5) is 0 Å². The molecule has 0 heterocycles. The molecular formula is C6H15AuBr3P. The van der Waals surface area contributed by atoms with Crippen molar-refractivity contribution < 1.29 is 73.3 Å². The van der Waals surface area contributed by atoms with Gasteiger partial charge in [0.25, 0.3) is 0 Å². The van der Waals surface area contributed by atoms with Crippen LogP contribution in [0.2, 0.25) is 0 Å². The first-order chi connectivity index (χ1) is 3.35. The van der Waals surface area contributed by atoms with Gasteiger partial charge in [0, 0.05) is 0 Å². The zero-order valence-electron chi connectivity index (χ0n) is 7.00. The Morgan fingerprint density at radius 3 is 0.909 bits per heavy atom. The molecule has 0 N–H and O–H groups in total. The third-order valence-electron chi connectivity index (χ3n) is 1.34. The van der Waals surface area contributed by atoms with E-state index >= 15 is 0 Å². The second-order valence-electron chi connectivity index (χ2n) is 1.62. The molecule has 0 amide bonds. The molecule has 11 heavy (non-hydrogen) atoms. The van der Waals surface area contributed by atoms with Crippen LogP contribution < -0.4 is 50.9 Å². The van der Waals surface area contributed by atoms with Gasteiger partial charge in [0.05, 0.1) is 0 Å². The van der Waals surface area contributed by atoms with Gasteiger partial charge in [-0.15, -0.1) is 7.92 Å². The van der Waals surface area contributed by atoms with Gasteiger partial charge < -0.3 is 50.9 Å². The van der Waals surface area contributed by atoms with Crippen LogP contribution in [0.3, 0.4) is 0 Å². The fourth-order valence-corrected chi connectivity index (χ4v) is 2.01. The molecule has 0 saturated heterocycles. The summed E-state index contributed by atoms with van der Waals surface area (Å²) in [6.45, 7) is 6.87. The molecule has 0 saturated carbocycles. The molecule has 76 valence electrons. The summed E-state index contributed by atoms with van der Waals surface area (Å²) < 4.78 is 0. The molecule has 5 heteroatoms. The fourth-order valence-electron chi connectivity index (χ4n) is 0.671. The number of hydrogen-bond acceptors (Lipinski definition) is 0. The molecule has 0 nitrogen and oxygen atoms in total. The minimum atomic E-state index is 0. The van der Waals surface area contributed by atoms with Gasteiger partial charge in [-0.05, 0) is 18.5 Å². The maximum absolute atomic E-state index is 2.29. The molecule has 0 unspecified atom stereocenters. The van der Waals surface area contributed by atoms with Gasteiger partial charge in [-0.25, -0.2) is 0 Å². The summed E-state index contributed by atoms with van der Waals surface area (Å²) in [7, 11) is 0.446. The Kier molecular flexibility index (Phi) is 60.9. The molecule has 0 aromatic heterocycles. The van der Waals surface area contributed by atoms with Gasteiger partial charge in [-0.3, -0.25) is 0 Å². The van der Waals surface area contributed by atoms with Crippen molar-refractivity contribution in [3.05, 3.63) is 0 Å². The van der Waals surface area contributed by atoms with Crippen LogP contribution in [-0.2, 0) is 22.4 Å². The summed E-state index contributed by atoms with van der Waals surface area (Å²) in [5.74, 6) is 0. The van der Waals surface area contributed by atoms with E-state index < -0.39 is 0 Å². The molecule has 0 aromatic rings. The van der Waals surface area contributed by atoms with Crippen molar-refractivity contribution in [2.75, 3.05) is 18.5 Å². The zero-order chi connectivity index (χ0) is 5.70. The topological polar surface area (TPSA) is 0 Å². The summed E-state index contributed by atoms with van der Waals surface area (Å²) in [5, 5.41) is 0. The summed E-state index contributed by atoms with van der Waals surface area (Å²) in [5.41, 5.74) is 0. The van der Waals surface area contributed by atoms with Gasteiger partial charge >= 0.3 is 22.4 Å². The summed E-state index contributed by atoms with van der Waals surface area (Å²) >= 11 is 0. The van der Waals surface area contributed by atoms with E-state index in [1.807, 2.05) is 0 Å². The first-order valence-corrected chi connectivity index (χ1v) is 4.97. The van der Waals surface area contributed by atoms with Crippen molar-refractivity contribution in [3.63, 3.8) is 0 Å². The molecule has 0 aliphatic rings. The monoisotopic (exact) mass is 552 g/mol. The first-order valence-electron chi connectivity index (χ1n) is 3.07. The van der Waals surface area contributed by atoms with Gasteiger partial charge in [-0.2, -0.15) is 0 Å². The van der Waals surface area contributed by atoms with Gasteiger partial charge in [0.1, 0.15) is 0 Å². The maximum Gasteiger partial charge on any atom is 3.00 e. The Hall–Kier alpha value is 2.61. The van der Waals surface area contributed by atoms with Crippen molar-refractivity contribution in [3.8, 4) is 0 Å². The van der Waals surface area contributed by atoms with Crippen molar-refractivity contribution >= 4 is 7.92 Å². The van der Waals surface area contributed by atoms with E-state index in [1.165, 1.54) is 18.5 Å². The van der Waals surface area contributed by atoms with Crippen molar-refractivity contribution in [1.29, 1.82) is 0 Å². The van der Waals surface area contributed by atoms with E-state index in [4.69, 9.17) is 0 Å². The summed E-state index contributed by atoms with van der Waals surface area (Å²) in [6.07, 6.45) is 4.26. The number of rotatable bonds is 3. The van der Waals surface area contributed by atoms with Crippen LogP contribution >= 0.6 is 7.92 Å². The van der Waals surface area contributed by atoms with E-state index in [0.717, 1.165) is 0 Å². The Labute approximate surface area is 119 Å². The zero-order valence-corrected chi connectivity index (χ0v) is 14.8. The molecule has 0 bridgehead atoms. The summed E-state index contributed by atoms with van der Waals surface area (Å²) in [4.78, 5) is 0. The van der Waals surface area contributed by atoms with E-state index in [1.54, 1.807) is 0 Å². The van der Waals surface area contributed by atoms with Crippen LogP contribution in [0.25, 0.3) is 0 Å². The smallest absolute Gasteiger partial charge is 1.00 e. The SMILES string of the molecule is CCP(CC)CC.[Au+3].[Br-].[Br-].[Br-]. The Bertz CT molecular complexity index is 39.3. The third-order valence-corrected chi connectivity index (χ3v) is 4.02. The minimum absolute atomic E-state index is 0. The van der Waals surface area contributed by atoms with E-state index in [0.29, 0.717) is 7.92 Å². The van der Waals surface area contributed by atoms with Gasteiger partial charge in [0.15, 0.2) is 0 Å². The van der Waals surface area contributed by atoms with Crippen molar-refractivity contribution in [2.24, 2.45) is 0 Å². The van der Waals surface area contributed by atoms with Crippen LogP contribution in [-0.4, -0.2) is 18.5 Å². The quantitative estimate of drug-likeness (QED) is 0.241. The van der Waals surface area contributed by atoms with Crippen molar-refractivity contribution in [2.45, 2.75) is 20.8 Å². The van der Waals surface area contributed by atoms with E-state index in [2.05, 4.69) is 20.8 Å². The second-order valence-corrected chi connectivity index (χ2v) is 4.86. The van der Waals surface area contributed by atoms with E-state index in [9.17, 15) is 0 Å². The van der Waals surface area contributed by atoms with Crippen LogP contribution in [0.15, 0.2) is 0 Å². The molecule has 0 radical (unpaired) electrons. The normalized spacial score (nSPS) is 6.55. The molecule has 0 fully saturated rings. The molecule has 0 aromatic carbocycles. The van der Waals surface area contributed by atoms with Gasteiger partial charge in [-0.1, -0.05) is 20.8 Å². The molecular weight excluding hydrogens is 540 g/mol. The van der Waals surface area contributed by atoms with Crippen LogP contribution in [0, 0.1) is 0 Å². The standard InChI is InChI=1S/C6H15P.Au.3BrH/c1-4-7(5-2)6-3;;;;/h4-6H2,1-3H3;;3*1H/q;+3;;;/p-3. The molecule has 0 aliphatic carbocycles. The number of halogens is 3. The van der Waals surface area contributed by atoms with Gasteiger partial charge in [0.2, 0.25) is 0 Å². The number of hydrogen-bond donors (Lipinski definition) is 0. The average molecular weight is 555 g/mol. The fraction of sp³-hybridized carbons (Fsp3) is 1.00. The van der Waals surface area contributed by atoms with Crippen molar-refractivity contribution in [1.82, 2.24) is 0 Å². The first kappa shape index (κ1) is 29.2. The second kappa shape index (κ2) is 22.9. The molecule has 0 aliphatic heterocycles. The predicted molar refractivity (Wildman–Crippen MR) is 38.5 cm³/mol. The molecule has 0 atom stereocenters. The average Bonchev–Trinajstić information content (AvgIpc) is 1.72. The maximum atomic E-state index is 2.29. The Balaban J connectivity index is -0.0000000300. The predicted octanol–water partition coefficient (Wildman–Crippen LogP) is -6.46. The Morgan fingerprint density at radius 2 is 0.909 bits per heavy atom.